The van der Waals surface area contributed by atoms with Crippen LogP contribution >= 0.6 is 0 Å². The first-order valence-electron chi connectivity index (χ1n) is 8.20. The average molecular weight is 234 g/mol. The maximum atomic E-state index is 2.60. The lowest BCUT2D eigenvalue weighted by molar-refractivity contribution is 0.0387. The summed E-state index contributed by atoms with van der Waals surface area (Å²) in [5, 5.41) is 0. The van der Waals surface area contributed by atoms with Crippen LogP contribution in [0.1, 0.15) is 65.7 Å². The van der Waals surface area contributed by atoms with Crippen LogP contribution in [0.25, 0.3) is 0 Å². The van der Waals surface area contributed by atoms with E-state index in [1.165, 1.54) is 6.42 Å². The van der Waals surface area contributed by atoms with Crippen molar-refractivity contribution in [2.45, 2.75) is 65.7 Å². The largest absolute Gasteiger partial charge is 0.0651 e. The summed E-state index contributed by atoms with van der Waals surface area (Å²) in [6.45, 7) is 7.51. The normalized spacial score (nSPS) is 51.0. The van der Waals surface area contributed by atoms with E-state index >= 15 is 0 Å². The predicted molar refractivity (Wildman–Crippen MR) is 73.8 cm³/mol. The molecule has 7 atom stereocenters. The van der Waals surface area contributed by atoms with Gasteiger partial charge in [0.05, 0.1) is 0 Å². The summed E-state index contributed by atoms with van der Waals surface area (Å²) in [6.07, 6.45) is 10.8. The summed E-state index contributed by atoms with van der Waals surface area (Å²) in [5.74, 6) is 7.52. The molecule has 0 radical (unpaired) electrons. The van der Waals surface area contributed by atoms with Crippen molar-refractivity contribution < 1.29 is 0 Å². The Morgan fingerprint density at radius 3 is 2.41 bits per heavy atom. The van der Waals surface area contributed by atoms with Crippen LogP contribution in [-0.2, 0) is 0 Å². The highest BCUT2D eigenvalue weighted by Crippen LogP contribution is 2.56. The first kappa shape index (κ1) is 12.1. The molecule has 0 spiro atoms. The fourth-order valence-corrected chi connectivity index (χ4v) is 5.43. The highest BCUT2D eigenvalue weighted by atomic mass is 14.5. The van der Waals surface area contributed by atoms with Crippen molar-refractivity contribution in [3.05, 3.63) is 0 Å². The third-order valence-electron chi connectivity index (χ3n) is 6.91. The minimum Gasteiger partial charge on any atom is -0.0651 e. The van der Waals surface area contributed by atoms with Gasteiger partial charge in [-0.25, -0.2) is 0 Å². The topological polar surface area (TPSA) is 0 Å². The van der Waals surface area contributed by atoms with Crippen molar-refractivity contribution >= 4 is 0 Å². The minimum atomic E-state index is 0.976. The molecule has 0 saturated heterocycles. The Bertz CT molecular complexity index is 267. The van der Waals surface area contributed by atoms with E-state index in [9.17, 15) is 0 Å². The molecule has 3 aliphatic carbocycles. The molecule has 7 unspecified atom stereocenters. The zero-order chi connectivity index (χ0) is 12.0. The zero-order valence-electron chi connectivity index (χ0n) is 12.0. The molecule has 98 valence electrons. The quantitative estimate of drug-likeness (QED) is 0.621. The Morgan fingerprint density at radius 1 is 1.00 bits per heavy atom. The second kappa shape index (κ2) is 4.59. The standard InChI is InChI=1S/C17H30/c1-4-11(2)16-9-13-5-6-14-7-8-15(14)12(3)17(16)10-13/h11-17H,4-10H2,1-3H3. The van der Waals surface area contributed by atoms with E-state index in [1.54, 1.807) is 38.5 Å². The van der Waals surface area contributed by atoms with Gasteiger partial charge in [-0.1, -0.05) is 33.6 Å². The maximum Gasteiger partial charge on any atom is -0.0352 e. The van der Waals surface area contributed by atoms with E-state index in [-0.39, 0.29) is 0 Å². The average Bonchev–Trinajstić information content (AvgIpc) is 2.70. The van der Waals surface area contributed by atoms with Crippen LogP contribution in [0.15, 0.2) is 0 Å². The molecule has 0 nitrogen and oxygen atoms in total. The van der Waals surface area contributed by atoms with Gasteiger partial charge in [0.25, 0.3) is 0 Å². The van der Waals surface area contributed by atoms with Crippen LogP contribution in [0.4, 0.5) is 0 Å². The molecule has 3 rings (SSSR count). The Balaban J connectivity index is 1.78. The summed E-state index contributed by atoms with van der Waals surface area (Å²) in [4.78, 5) is 0. The van der Waals surface area contributed by atoms with E-state index < -0.39 is 0 Å². The van der Waals surface area contributed by atoms with Gasteiger partial charge in [-0.05, 0) is 73.5 Å². The number of hydrogen-bond acceptors (Lipinski definition) is 0. The van der Waals surface area contributed by atoms with Crippen LogP contribution < -0.4 is 0 Å². The molecule has 3 aliphatic rings. The van der Waals surface area contributed by atoms with E-state index in [2.05, 4.69) is 20.8 Å². The van der Waals surface area contributed by atoms with Crippen LogP contribution in [-0.4, -0.2) is 0 Å². The predicted octanol–water partition coefficient (Wildman–Crippen LogP) is 5.13. The van der Waals surface area contributed by atoms with Crippen molar-refractivity contribution in [1.82, 2.24) is 0 Å². The van der Waals surface area contributed by atoms with Gasteiger partial charge in [-0.3, -0.25) is 0 Å². The van der Waals surface area contributed by atoms with E-state index in [1.807, 2.05) is 0 Å². The second-order valence-corrected chi connectivity index (χ2v) is 7.49. The molecule has 17 heavy (non-hydrogen) atoms. The molecular formula is C17H30. The lowest BCUT2D eigenvalue weighted by atomic mass is 9.60. The first-order valence-corrected chi connectivity index (χ1v) is 8.20. The minimum absolute atomic E-state index is 0.976. The SMILES string of the molecule is CCC(C)C1CC2CCC3CCC3C(C)C1C2. The summed E-state index contributed by atoms with van der Waals surface area (Å²) in [7, 11) is 0. The molecule has 0 heterocycles. The Kier molecular flexibility index (Phi) is 3.26. The highest BCUT2D eigenvalue weighted by Gasteiger charge is 2.47. The molecule has 3 saturated carbocycles. The van der Waals surface area contributed by atoms with Crippen LogP contribution in [0.3, 0.4) is 0 Å². The van der Waals surface area contributed by atoms with E-state index in [0.717, 1.165) is 41.4 Å². The van der Waals surface area contributed by atoms with Crippen molar-refractivity contribution in [3.63, 3.8) is 0 Å². The van der Waals surface area contributed by atoms with Gasteiger partial charge in [0.15, 0.2) is 0 Å². The van der Waals surface area contributed by atoms with Crippen molar-refractivity contribution in [2.24, 2.45) is 41.4 Å². The highest BCUT2D eigenvalue weighted by molar-refractivity contribution is 4.96. The molecule has 0 aromatic rings. The molecule has 0 heteroatoms. The number of fused-ring (bicyclic) bond motifs is 3. The lowest BCUT2D eigenvalue weighted by Gasteiger charge is -2.46. The fraction of sp³-hybridized carbons (Fsp3) is 1.00. The van der Waals surface area contributed by atoms with Gasteiger partial charge in [-0.2, -0.15) is 0 Å². The van der Waals surface area contributed by atoms with Crippen molar-refractivity contribution in [2.75, 3.05) is 0 Å². The summed E-state index contributed by atoms with van der Waals surface area (Å²) in [6, 6.07) is 0. The molecule has 0 aromatic carbocycles. The smallest absolute Gasteiger partial charge is 0.0352 e. The van der Waals surface area contributed by atoms with Crippen LogP contribution in [0.5, 0.6) is 0 Å². The summed E-state index contributed by atoms with van der Waals surface area (Å²) >= 11 is 0. The molecule has 0 aromatic heterocycles. The first-order chi connectivity index (χ1) is 8.20. The monoisotopic (exact) mass is 234 g/mol. The molecular weight excluding hydrogens is 204 g/mol. The summed E-state index contributed by atoms with van der Waals surface area (Å²) in [5.41, 5.74) is 0. The summed E-state index contributed by atoms with van der Waals surface area (Å²) < 4.78 is 0. The fourth-order valence-electron chi connectivity index (χ4n) is 5.43. The van der Waals surface area contributed by atoms with Crippen molar-refractivity contribution in [1.29, 1.82) is 0 Å². The number of rotatable bonds is 2. The molecule has 0 N–H and O–H groups in total. The Labute approximate surface area is 108 Å². The van der Waals surface area contributed by atoms with Gasteiger partial charge in [-0.15, -0.1) is 0 Å². The lowest BCUT2D eigenvalue weighted by Crippen LogP contribution is -2.37. The van der Waals surface area contributed by atoms with Gasteiger partial charge in [0.2, 0.25) is 0 Å². The van der Waals surface area contributed by atoms with Gasteiger partial charge in [0.1, 0.15) is 0 Å². The van der Waals surface area contributed by atoms with Gasteiger partial charge >= 0.3 is 0 Å². The Hall–Kier alpha value is 0. The zero-order valence-corrected chi connectivity index (χ0v) is 12.0. The van der Waals surface area contributed by atoms with E-state index in [4.69, 9.17) is 0 Å². The molecule has 2 bridgehead atoms. The van der Waals surface area contributed by atoms with Gasteiger partial charge < -0.3 is 0 Å². The third-order valence-corrected chi connectivity index (χ3v) is 6.91. The molecule has 0 amide bonds. The van der Waals surface area contributed by atoms with Crippen LogP contribution in [0, 0.1) is 41.4 Å². The maximum absolute atomic E-state index is 2.60. The van der Waals surface area contributed by atoms with Crippen molar-refractivity contribution in [3.8, 4) is 0 Å². The Morgan fingerprint density at radius 2 is 1.76 bits per heavy atom. The molecule has 0 aliphatic heterocycles. The van der Waals surface area contributed by atoms with E-state index in [0.29, 0.717) is 0 Å². The molecule has 3 fully saturated rings. The number of hydrogen-bond donors (Lipinski definition) is 0. The van der Waals surface area contributed by atoms with Gasteiger partial charge in [0, 0.05) is 0 Å². The third kappa shape index (κ3) is 1.96. The second-order valence-electron chi connectivity index (χ2n) is 7.49. The van der Waals surface area contributed by atoms with Crippen LogP contribution in [0.2, 0.25) is 0 Å².